The largest absolute Gasteiger partial charge is 0.493 e. The normalized spacial score (nSPS) is 12.4. The van der Waals surface area contributed by atoms with Crippen molar-refractivity contribution < 1.29 is 4.74 Å². The van der Waals surface area contributed by atoms with E-state index in [1.165, 1.54) is 0 Å². The summed E-state index contributed by atoms with van der Waals surface area (Å²) < 4.78 is 7.48. The topological polar surface area (TPSA) is 52.0 Å². The van der Waals surface area contributed by atoms with E-state index < -0.39 is 0 Å². The van der Waals surface area contributed by atoms with Crippen LogP contribution in [-0.4, -0.2) is 28.9 Å². The minimum Gasteiger partial charge on any atom is -0.493 e. The lowest BCUT2D eigenvalue weighted by molar-refractivity contribution is 0.400. The summed E-state index contributed by atoms with van der Waals surface area (Å²) in [6.07, 6.45) is 4.62. The molecule has 0 saturated heterocycles. The zero-order valence-corrected chi connectivity index (χ0v) is 12.6. The number of pyridine rings is 1. The lowest BCUT2D eigenvalue weighted by Gasteiger charge is -2.20. The van der Waals surface area contributed by atoms with Gasteiger partial charge in [0.15, 0.2) is 5.75 Å². The molecule has 0 spiro atoms. The van der Waals surface area contributed by atoms with Gasteiger partial charge in [-0.2, -0.15) is 5.10 Å². The number of methoxy groups -OCH3 is 1. The van der Waals surface area contributed by atoms with E-state index in [1.807, 2.05) is 30.9 Å². The summed E-state index contributed by atoms with van der Waals surface area (Å²) in [5.41, 5.74) is 3.21. The van der Waals surface area contributed by atoms with Gasteiger partial charge in [-0.05, 0) is 32.0 Å². The predicted molar refractivity (Wildman–Crippen MR) is 78.9 cm³/mol. The van der Waals surface area contributed by atoms with Gasteiger partial charge in [0.1, 0.15) is 5.69 Å². The van der Waals surface area contributed by atoms with Gasteiger partial charge in [-0.1, -0.05) is 13.0 Å². The molecule has 0 aliphatic rings. The third-order valence-electron chi connectivity index (χ3n) is 3.42. The zero-order chi connectivity index (χ0) is 14.5. The molecule has 1 N–H and O–H groups in total. The summed E-state index contributed by atoms with van der Waals surface area (Å²) >= 11 is 0. The Bertz CT molecular complexity index is 565. The third kappa shape index (κ3) is 2.67. The number of hydrogen-bond donors (Lipinski definition) is 1. The molecule has 1 unspecified atom stereocenters. The van der Waals surface area contributed by atoms with Crippen molar-refractivity contribution in [1.29, 1.82) is 0 Å². The molecular formula is C15H22N4O. The smallest absolute Gasteiger partial charge is 0.161 e. The van der Waals surface area contributed by atoms with Crippen molar-refractivity contribution in [2.45, 2.75) is 32.9 Å². The van der Waals surface area contributed by atoms with Crippen LogP contribution in [0.3, 0.4) is 0 Å². The summed E-state index contributed by atoms with van der Waals surface area (Å²) in [5.74, 6) is 0.807. The summed E-state index contributed by atoms with van der Waals surface area (Å²) in [5, 5.41) is 7.79. The molecule has 20 heavy (non-hydrogen) atoms. The van der Waals surface area contributed by atoms with Crippen LogP contribution in [0.25, 0.3) is 0 Å². The molecule has 0 aliphatic carbocycles. The van der Waals surface area contributed by atoms with Crippen molar-refractivity contribution in [3.63, 3.8) is 0 Å². The molecule has 0 amide bonds. The van der Waals surface area contributed by atoms with Gasteiger partial charge < -0.3 is 10.1 Å². The maximum absolute atomic E-state index is 5.47. The van der Waals surface area contributed by atoms with Crippen LogP contribution >= 0.6 is 0 Å². The first-order valence-electron chi connectivity index (χ1n) is 6.91. The summed E-state index contributed by atoms with van der Waals surface area (Å²) in [6, 6.07) is 4.07. The molecule has 2 aromatic rings. The Labute approximate surface area is 120 Å². The van der Waals surface area contributed by atoms with Crippen molar-refractivity contribution in [3.8, 4) is 5.75 Å². The Morgan fingerprint density at radius 3 is 2.85 bits per heavy atom. The van der Waals surface area contributed by atoms with E-state index in [0.717, 1.165) is 35.7 Å². The first-order valence-corrected chi connectivity index (χ1v) is 6.91. The van der Waals surface area contributed by atoms with Crippen LogP contribution in [0.4, 0.5) is 0 Å². The predicted octanol–water partition coefficient (Wildman–Crippen LogP) is 2.31. The van der Waals surface area contributed by atoms with Crippen LogP contribution in [0.2, 0.25) is 0 Å². The lowest BCUT2D eigenvalue weighted by atomic mass is 10.0. The van der Waals surface area contributed by atoms with Gasteiger partial charge in [-0.25, -0.2) is 0 Å². The second kappa shape index (κ2) is 6.52. The van der Waals surface area contributed by atoms with E-state index in [1.54, 1.807) is 13.3 Å². The van der Waals surface area contributed by atoms with Gasteiger partial charge in [0.25, 0.3) is 0 Å². The number of hydrogen-bond acceptors (Lipinski definition) is 4. The zero-order valence-electron chi connectivity index (χ0n) is 12.6. The quantitative estimate of drug-likeness (QED) is 0.878. The van der Waals surface area contributed by atoms with Crippen LogP contribution < -0.4 is 10.1 Å². The van der Waals surface area contributed by atoms with Gasteiger partial charge in [-0.15, -0.1) is 0 Å². The molecule has 5 heteroatoms. The van der Waals surface area contributed by atoms with Crippen molar-refractivity contribution in [3.05, 3.63) is 41.5 Å². The number of nitrogens with zero attached hydrogens (tertiary/aromatic N) is 3. The molecule has 0 aromatic carbocycles. The van der Waals surface area contributed by atoms with E-state index in [0.29, 0.717) is 0 Å². The van der Waals surface area contributed by atoms with E-state index in [4.69, 9.17) is 4.74 Å². The monoisotopic (exact) mass is 274 g/mol. The average molecular weight is 274 g/mol. The van der Waals surface area contributed by atoms with Crippen molar-refractivity contribution >= 4 is 0 Å². The first kappa shape index (κ1) is 14.5. The van der Waals surface area contributed by atoms with Gasteiger partial charge >= 0.3 is 0 Å². The molecule has 2 rings (SSSR count). The summed E-state index contributed by atoms with van der Waals surface area (Å²) in [7, 11) is 3.62. The second-order valence-corrected chi connectivity index (χ2v) is 4.72. The van der Waals surface area contributed by atoms with E-state index in [9.17, 15) is 0 Å². The summed E-state index contributed by atoms with van der Waals surface area (Å²) in [6.45, 7) is 5.03. The number of aromatic nitrogens is 3. The van der Waals surface area contributed by atoms with Gasteiger partial charge in [-0.3, -0.25) is 9.67 Å². The van der Waals surface area contributed by atoms with Crippen LogP contribution in [0.1, 0.15) is 36.3 Å². The van der Waals surface area contributed by atoms with Crippen molar-refractivity contribution in [2.75, 3.05) is 14.2 Å². The highest BCUT2D eigenvalue weighted by atomic mass is 16.5. The average Bonchev–Trinajstić information content (AvgIpc) is 2.85. The molecule has 5 nitrogen and oxygen atoms in total. The molecule has 2 heterocycles. The second-order valence-electron chi connectivity index (χ2n) is 4.72. The number of rotatable bonds is 6. The molecule has 1 atom stereocenters. The minimum atomic E-state index is 0.0210. The SMILES string of the molecule is CCCn1ncc(OC)c1C(NC)c1cccnc1C. The maximum Gasteiger partial charge on any atom is 0.161 e. The van der Waals surface area contributed by atoms with E-state index in [-0.39, 0.29) is 6.04 Å². The van der Waals surface area contributed by atoms with E-state index in [2.05, 4.69) is 28.4 Å². The van der Waals surface area contributed by atoms with Crippen molar-refractivity contribution in [2.24, 2.45) is 0 Å². The highest BCUT2D eigenvalue weighted by Gasteiger charge is 2.23. The van der Waals surface area contributed by atoms with Gasteiger partial charge in [0.2, 0.25) is 0 Å². The Hall–Kier alpha value is -1.88. The van der Waals surface area contributed by atoms with E-state index >= 15 is 0 Å². The Morgan fingerprint density at radius 1 is 1.45 bits per heavy atom. The molecule has 0 fully saturated rings. The fourth-order valence-corrected chi connectivity index (χ4v) is 2.46. The molecule has 0 saturated carbocycles. The maximum atomic E-state index is 5.47. The van der Waals surface area contributed by atoms with Crippen LogP contribution in [-0.2, 0) is 6.54 Å². The summed E-state index contributed by atoms with van der Waals surface area (Å²) in [4.78, 5) is 4.38. The van der Waals surface area contributed by atoms with Gasteiger partial charge in [0, 0.05) is 18.4 Å². The Balaban J connectivity index is 2.51. The van der Waals surface area contributed by atoms with Crippen LogP contribution in [0.15, 0.2) is 24.5 Å². The lowest BCUT2D eigenvalue weighted by Crippen LogP contribution is -2.23. The number of nitrogens with one attached hydrogen (secondary N) is 1. The van der Waals surface area contributed by atoms with Crippen LogP contribution in [0.5, 0.6) is 5.75 Å². The number of ether oxygens (including phenoxy) is 1. The molecule has 108 valence electrons. The molecule has 2 aromatic heterocycles. The highest BCUT2D eigenvalue weighted by Crippen LogP contribution is 2.30. The Morgan fingerprint density at radius 2 is 2.25 bits per heavy atom. The van der Waals surface area contributed by atoms with Gasteiger partial charge in [0.05, 0.1) is 19.3 Å². The molecule has 0 radical (unpaired) electrons. The Kier molecular flexibility index (Phi) is 4.74. The molecular weight excluding hydrogens is 252 g/mol. The number of aryl methyl sites for hydroxylation is 2. The fourth-order valence-electron chi connectivity index (χ4n) is 2.46. The highest BCUT2D eigenvalue weighted by molar-refractivity contribution is 5.37. The van der Waals surface area contributed by atoms with Crippen LogP contribution in [0, 0.1) is 6.92 Å². The molecule has 0 bridgehead atoms. The minimum absolute atomic E-state index is 0.0210. The van der Waals surface area contributed by atoms with Crippen molar-refractivity contribution in [1.82, 2.24) is 20.1 Å². The first-order chi connectivity index (χ1) is 9.72. The standard InChI is InChI=1S/C15H22N4O/c1-5-9-19-15(13(20-4)10-18-19)14(16-3)12-7-6-8-17-11(12)2/h6-8,10,14,16H,5,9H2,1-4H3. The third-order valence-corrected chi connectivity index (χ3v) is 3.42. The fraction of sp³-hybridized carbons (Fsp3) is 0.467. The molecule has 0 aliphatic heterocycles.